The van der Waals surface area contributed by atoms with E-state index in [0.29, 0.717) is 15.8 Å². The van der Waals surface area contributed by atoms with Gasteiger partial charge in [0.2, 0.25) is 0 Å². The largest absolute Gasteiger partial charge is 0.351 e. The fourth-order valence-electron chi connectivity index (χ4n) is 1.99. The van der Waals surface area contributed by atoms with E-state index in [9.17, 15) is 4.79 Å². The van der Waals surface area contributed by atoms with Crippen molar-refractivity contribution in [2.24, 2.45) is 0 Å². The van der Waals surface area contributed by atoms with Gasteiger partial charge in [0.15, 0.2) is 0 Å². The minimum Gasteiger partial charge on any atom is -0.351 e. The van der Waals surface area contributed by atoms with Crippen molar-refractivity contribution in [3.05, 3.63) is 50.6 Å². The number of hydrogen-bond acceptors (Lipinski definition) is 4. The van der Waals surface area contributed by atoms with Crippen molar-refractivity contribution in [3.63, 3.8) is 0 Å². The number of carbonyl (C=O) groups is 1. The Morgan fingerprint density at radius 2 is 2.05 bits per heavy atom. The van der Waals surface area contributed by atoms with Crippen LogP contribution in [0.4, 0.5) is 0 Å². The summed E-state index contributed by atoms with van der Waals surface area (Å²) in [5.41, 5.74) is 1.05. The third-order valence-electron chi connectivity index (χ3n) is 2.99. The van der Waals surface area contributed by atoms with Crippen LogP contribution in [0.1, 0.15) is 21.1 Å². The van der Waals surface area contributed by atoms with Crippen LogP contribution in [0.2, 0.25) is 4.34 Å². The molecule has 0 fully saturated rings. The van der Waals surface area contributed by atoms with Crippen LogP contribution in [0.15, 0.2) is 36.4 Å². The molecule has 0 saturated carbocycles. The Hall–Kier alpha value is -1.43. The van der Waals surface area contributed by atoms with Crippen LogP contribution >= 0.6 is 34.3 Å². The maximum absolute atomic E-state index is 11.8. The number of aromatic nitrogens is 1. The van der Waals surface area contributed by atoms with Crippen molar-refractivity contribution in [1.29, 1.82) is 0 Å². The quantitative estimate of drug-likeness (QED) is 0.703. The van der Waals surface area contributed by atoms with E-state index >= 15 is 0 Å². The van der Waals surface area contributed by atoms with Crippen molar-refractivity contribution in [2.75, 3.05) is 6.54 Å². The number of halogens is 1. The molecule has 2 heterocycles. The Balaban J connectivity index is 1.49. The number of para-hydroxylation sites is 1. The molecular formula is C15H13ClN2OS2. The van der Waals surface area contributed by atoms with E-state index < -0.39 is 0 Å². The molecule has 3 rings (SSSR count). The molecule has 1 amide bonds. The summed E-state index contributed by atoms with van der Waals surface area (Å²) in [4.78, 5) is 17.1. The second-order valence-electron chi connectivity index (χ2n) is 4.54. The molecule has 108 valence electrons. The number of thiophene rings is 1. The highest BCUT2D eigenvalue weighted by molar-refractivity contribution is 7.18. The normalized spacial score (nSPS) is 10.9. The lowest BCUT2D eigenvalue weighted by Gasteiger charge is -2.01. The van der Waals surface area contributed by atoms with E-state index in [1.807, 2.05) is 18.2 Å². The molecule has 0 unspecified atom stereocenters. The lowest BCUT2D eigenvalue weighted by Crippen LogP contribution is -2.23. The highest BCUT2D eigenvalue weighted by Crippen LogP contribution is 2.23. The smallest absolute Gasteiger partial charge is 0.261 e. The molecule has 6 heteroatoms. The first-order valence-corrected chi connectivity index (χ1v) is 8.61. The highest BCUT2D eigenvalue weighted by atomic mass is 35.5. The first kappa shape index (κ1) is 14.5. The zero-order valence-corrected chi connectivity index (χ0v) is 13.5. The van der Waals surface area contributed by atoms with Gasteiger partial charge in [-0.3, -0.25) is 4.79 Å². The summed E-state index contributed by atoms with van der Waals surface area (Å²) in [7, 11) is 0. The maximum Gasteiger partial charge on any atom is 0.261 e. The van der Waals surface area contributed by atoms with Crippen molar-refractivity contribution >= 4 is 50.4 Å². The van der Waals surface area contributed by atoms with Gasteiger partial charge in [-0.1, -0.05) is 23.7 Å². The maximum atomic E-state index is 11.8. The summed E-state index contributed by atoms with van der Waals surface area (Å²) in [6, 6.07) is 11.6. The number of hydrogen-bond donors (Lipinski definition) is 1. The summed E-state index contributed by atoms with van der Waals surface area (Å²) in [5, 5.41) is 4.02. The lowest BCUT2D eigenvalue weighted by atomic mass is 10.3. The minimum absolute atomic E-state index is 0.0591. The molecule has 0 spiro atoms. The molecule has 0 atom stereocenters. The lowest BCUT2D eigenvalue weighted by molar-refractivity contribution is 0.0957. The van der Waals surface area contributed by atoms with Crippen LogP contribution < -0.4 is 5.32 Å². The number of amides is 1. The third kappa shape index (κ3) is 3.61. The number of aryl methyl sites for hydroxylation is 1. The van der Waals surface area contributed by atoms with Gasteiger partial charge in [-0.15, -0.1) is 22.7 Å². The van der Waals surface area contributed by atoms with Gasteiger partial charge < -0.3 is 5.32 Å². The summed E-state index contributed by atoms with van der Waals surface area (Å²) >= 11 is 8.83. The second kappa shape index (κ2) is 6.56. The average Bonchev–Trinajstić information content (AvgIpc) is 3.09. The zero-order valence-electron chi connectivity index (χ0n) is 11.1. The highest BCUT2D eigenvalue weighted by Gasteiger charge is 2.08. The zero-order chi connectivity index (χ0) is 14.7. The molecule has 21 heavy (non-hydrogen) atoms. The van der Waals surface area contributed by atoms with Crippen molar-refractivity contribution in [1.82, 2.24) is 10.3 Å². The summed E-state index contributed by atoms with van der Waals surface area (Å²) in [6.45, 7) is 0.643. The van der Waals surface area contributed by atoms with Gasteiger partial charge in [-0.05, 0) is 30.7 Å². The predicted octanol–water partition coefficient (Wildman–Crippen LogP) is 4.37. The number of fused-ring (bicyclic) bond motifs is 1. The standard InChI is InChI=1S/C15H13ClN2OS2/c16-13-8-7-12(20-13)15(19)17-9-3-6-14-18-10-4-1-2-5-11(10)21-14/h1-2,4-5,7-8H,3,6,9H2,(H,17,19). The van der Waals surface area contributed by atoms with Gasteiger partial charge in [-0.2, -0.15) is 0 Å². The third-order valence-corrected chi connectivity index (χ3v) is 5.31. The molecule has 3 aromatic rings. The number of rotatable bonds is 5. The average molecular weight is 337 g/mol. The number of benzene rings is 1. The van der Waals surface area contributed by atoms with Crippen LogP contribution in [-0.4, -0.2) is 17.4 Å². The summed E-state index contributed by atoms with van der Waals surface area (Å²) < 4.78 is 1.85. The number of carbonyl (C=O) groups excluding carboxylic acids is 1. The van der Waals surface area contributed by atoms with Crippen LogP contribution in [0.5, 0.6) is 0 Å². The van der Waals surface area contributed by atoms with Gasteiger partial charge in [0.05, 0.1) is 24.4 Å². The molecular weight excluding hydrogens is 324 g/mol. The molecule has 0 aliphatic carbocycles. The van der Waals surface area contributed by atoms with Gasteiger partial charge in [0.25, 0.3) is 5.91 Å². The molecule has 3 nitrogen and oxygen atoms in total. The Kier molecular flexibility index (Phi) is 4.53. The Labute approximate surface area is 135 Å². The van der Waals surface area contributed by atoms with Crippen molar-refractivity contribution < 1.29 is 4.79 Å². The van der Waals surface area contributed by atoms with Crippen molar-refractivity contribution in [3.8, 4) is 0 Å². The van der Waals surface area contributed by atoms with E-state index in [0.717, 1.165) is 23.4 Å². The Morgan fingerprint density at radius 3 is 2.81 bits per heavy atom. The first-order chi connectivity index (χ1) is 10.2. The molecule has 0 aliphatic rings. The Bertz CT molecular complexity index is 733. The molecule has 1 N–H and O–H groups in total. The molecule has 1 aromatic carbocycles. The summed E-state index contributed by atoms with van der Waals surface area (Å²) in [6.07, 6.45) is 1.76. The second-order valence-corrected chi connectivity index (χ2v) is 7.37. The van der Waals surface area contributed by atoms with E-state index in [4.69, 9.17) is 11.6 Å². The molecule has 0 bridgehead atoms. The van der Waals surface area contributed by atoms with E-state index in [-0.39, 0.29) is 5.91 Å². The molecule has 2 aromatic heterocycles. The van der Waals surface area contributed by atoms with Gasteiger partial charge in [0, 0.05) is 13.0 Å². The topological polar surface area (TPSA) is 42.0 Å². The molecule has 0 radical (unpaired) electrons. The van der Waals surface area contributed by atoms with Gasteiger partial charge >= 0.3 is 0 Å². The van der Waals surface area contributed by atoms with Gasteiger partial charge in [0.1, 0.15) is 0 Å². The fraction of sp³-hybridized carbons (Fsp3) is 0.200. The van der Waals surface area contributed by atoms with Crippen LogP contribution in [0, 0.1) is 0 Å². The fourth-order valence-corrected chi connectivity index (χ4v) is 3.96. The van der Waals surface area contributed by atoms with Crippen LogP contribution in [0.3, 0.4) is 0 Å². The molecule has 0 saturated heterocycles. The van der Waals surface area contributed by atoms with E-state index in [2.05, 4.69) is 16.4 Å². The van der Waals surface area contributed by atoms with Crippen LogP contribution in [-0.2, 0) is 6.42 Å². The predicted molar refractivity (Wildman–Crippen MR) is 89.6 cm³/mol. The number of nitrogens with zero attached hydrogens (tertiary/aromatic N) is 1. The first-order valence-electron chi connectivity index (χ1n) is 6.60. The number of thiazole rings is 1. The monoisotopic (exact) mass is 336 g/mol. The number of nitrogens with one attached hydrogen (secondary N) is 1. The molecule has 0 aliphatic heterocycles. The SMILES string of the molecule is O=C(NCCCc1nc2ccccc2s1)c1ccc(Cl)s1. The Morgan fingerprint density at radius 1 is 1.19 bits per heavy atom. The van der Waals surface area contributed by atoms with E-state index in [1.54, 1.807) is 23.5 Å². The summed E-state index contributed by atoms with van der Waals surface area (Å²) in [5.74, 6) is -0.0591. The minimum atomic E-state index is -0.0591. The van der Waals surface area contributed by atoms with E-state index in [1.165, 1.54) is 16.0 Å². The van der Waals surface area contributed by atoms with Crippen molar-refractivity contribution in [2.45, 2.75) is 12.8 Å². The van der Waals surface area contributed by atoms with Crippen LogP contribution in [0.25, 0.3) is 10.2 Å². The van der Waals surface area contributed by atoms with Gasteiger partial charge in [-0.25, -0.2) is 4.98 Å².